The number of hydrogen-bond donors (Lipinski definition) is 0. The summed E-state index contributed by atoms with van der Waals surface area (Å²) in [5, 5.41) is 0. The van der Waals surface area contributed by atoms with Crippen LogP contribution in [0.25, 0.3) is 11.6 Å². The van der Waals surface area contributed by atoms with Gasteiger partial charge in [-0.1, -0.05) is 83.1 Å². The highest BCUT2D eigenvalue weighted by atomic mass is 17.3. The number of ether oxygens (including phenoxy) is 2. The highest BCUT2D eigenvalue weighted by Gasteiger charge is 2.81. The predicted octanol–water partition coefficient (Wildman–Crippen LogP) is 5.36. The first kappa shape index (κ1) is 21.8. The number of rotatable bonds is 4. The SMILES string of the molecule is COC(=O)/C(=C\c1ccccc1)c1cccc(C23OCC(C)(C)C2(C(C)(C)C)OO3)c1. The minimum atomic E-state index is -1.04. The number of benzene rings is 2. The summed E-state index contributed by atoms with van der Waals surface area (Å²) in [6.45, 7) is 11.2. The zero-order valence-corrected chi connectivity index (χ0v) is 19.0. The minimum Gasteiger partial charge on any atom is -0.465 e. The molecular formula is C26H30O5. The molecule has 0 radical (unpaired) electrons. The number of methoxy groups -OCH3 is 1. The van der Waals surface area contributed by atoms with Crippen molar-refractivity contribution in [3.8, 4) is 0 Å². The predicted molar refractivity (Wildman–Crippen MR) is 119 cm³/mol. The van der Waals surface area contributed by atoms with Gasteiger partial charge in [-0.15, -0.1) is 0 Å². The number of fused-ring (bicyclic) bond motifs is 1. The molecule has 5 heteroatoms. The lowest BCUT2D eigenvalue weighted by molar-refractivity contribution is -0.626. The van der Waals surface area contributed by atoms with E-state index in [2.05, 4.69) is 34.6 Å². The Kier molecular flexibility index (Phi) is 5.12. The zero-order chi connectivity index (χ0) is 22.5. The van der Waals surface area contributed by atoms with Crippen LogP contribution in [0.3, 0.4) is 0 Å². The van der Waals surface area contributed by atoms with Crippen LogP contribution >= 0.6 is 0 Å². The fourth-order valence-electron chi connectivity index (χ4n) is 5.21. The van der Waals surface area contributed by atoms with Crippen LogP contribution in [0.15, 0.2) is 54.6 Å². The van der Waals surface area contributed by atoms with Gasteiger partial charge in [-0.2, -0.15) is 4.89 Å². The molecule has 2 aliphatic rings. The van der Waals surface area contributed by atoms with Gasteiger partial charge in [0.1, 0.15) is 0 Å². The molecule has 2 fully saturated rings. The van der Waals surface area contributed by atoms with Crippen molar-refractivity contribution >= 4 is 17.6 Å². The van der Waals surface area contributed by atoms with E-state index < -0.39 is 17.4 Å². The molecule has 0 spiro atoms. The van der Waals surface area contributed by atoms with Crippen LogP contribution in [0, 0.1) is 10.8 Å². The minimum absolute atomic E-state index is 0.258. The second kappa shape index (κ2) is 7.30. The Balaban J connectivity index is 1.83. The van der Waals surface area contributed by atoms with Crippen LogP contribution in [0.2, 0.25) is 0 Å². The van der Waals surface area contributed by atoms with Gasteiger partial charge in [0, 0.05) is 16.4 Å². The van der Waals surface area contributed by atoms with E-state index in [1.807, 2.05) is 60.7 Å². The number of carbonyl (C=O) groups is 1. The van der Waals surface area contributed by atoms with E-state index in [1.165, 1.54) is 7.11 Å². The molecule has 0 saturated carbocycles. The third-order valence-corrected chi connectivity index (χ3v) is 6.46. The highest BCUT2D eigenvalue weighted by Crippen LogP contribution is 2.69. The highest BCUT2D eigenvalue weighted by molar-refractivity contribution is 6.21. The molecular weight excluding hydrogens is 392 g/mol. The third-order valence-electron chi connectivity index (χ3n) is 6.46. The summed E-state index contributed by atoms with van der Waals surface area (Å²) in [4.78, 5) is 24.3. The molecule has 0 N–H and O–H groups in total. The van der Waals surface area contributed by atoms with Crippen molar-refractivity contribution in [3.05, 3.63) is 71.3 Å². The lowest BCUT2D eigenvalue weighted by Gasteiger charge is -2.61. The monoisotopic (exact) mass is 422 g/mol. The van der Waals surface area contributed by atoms with Gasteiger partial charge < -0.3 is 9.47 Å². The number of carbonyl (C=O) groups excluding carboxylic acids is 1. The van der Waals surface area contributed by atoms with Crippen molar-refractivity contribution in [2.75, 3.05) is 13.7 Å². The van der Waals surface area contributed by atoms with E-state index in [1.54, 1.807) is 0 Å². The molecule has 2 saturated heterocycles. The normalized spacial score (nSPS) is 27.4. The number of esters is 1. The lowest BCUT2D eigenvalue weighted by Crippen LogP contribution is -2.73. The Labute approximate surface area is 183 Å². The maximum atomic E-state index is 12.7. The van der Waals surface area contributed by atoms with Crippen molar-refractivity contribution < 1.29 is 24.0 Å². The summed E-state index contributed by atoms with van der Waals surface area (Å²) in [5.41, 5.74) is 1.72. The van der Waals surface area contributed by atoms with E-state index in [0.29, 0.717) is 12.2 Å². The molecule has 164 valence electrons. The largest absolute Gasteiger partial charge is 0.465 e. The van der Waals surface area contributed by atoms with Gasteiger partial charge in [0.2, 0.25) is 0 Å². The molecule has 2 aromatic rings. The Morgan fingerprint density at radius 2 is 1.74 bits per heavy atom. The van der Waals surface area contributed by atoms with Crippen LogP contribution in [-0.2, 0) is 29.8 Å². The summed E-state index contributed by atoms with van der Waals surface area (Å²) in [7, 11) is 1.39. The molecule has 0 aliphatic carbocycles. The molecule has 0 aromatic heterocycles. The van der Waals surface area contributed by atoms with E-state index >= 15 is 0 Å². The first-order chi connectivity index (χ1) is 14.6. The van der Waals surface area contributed by atoms with Crippen LogP contribution in [-0.4, -0.2) is 25.3 Å². The molecule has 4 rings (SSSR count). The second-order valence-corrected chi connectivity index (χ2v) is 9.93. The summed E-state index contributed by atoms with van der Waals surface area (Å²) in [6, 6.07) is 17.4. The molecule has 31 heavy (non-hydrogen) atoms. The average Bonchev–Trinajstić information content (AvgIpc) is 2.87. The topological polar surface area (TPSA) is 54.0 Å². The van der Waals surface area contributed by atoms with Gasteiger partial charge in [0.15, 0.2) is 5.60 Å². The van der Waals surface area contributed by atoms with E-state index in [9.17, 15) is 4.79 Å². The molecule has 2 unspecified atom stereocenters. The Morgan fingerprint density at radius 1 is 1.03 bits per heavy atom. The maximum Gasteiger partial charge on any atom is 0.338 e. The zero-order valence-electron chi connectivity index (χ0n) is 19.0. The van der Waals surface area contributed by atoms with Gasteiger partial charge in [-0.05, 0) is 23.3 Å². The van der Waals surface area contributed by atoms with Gasteiger partial charge in [0.25, 0.3) is 5.79 Å². The van der Waals surface area contributed by atoms with E-state index in [4.69, 9.17) is 19.2 Å². The molecule has 5 nitrogen and oxygen atoms in total. The number of hydrogen-bond acceptors (Lipinski definition) is 5. The van der Waals surface area contributed by atoms with Gasteiger partial charge in [-0.3, -0.25) is 0 Å². The van der Waals surface area contributed by atoms with Crippen LogP contribution in [0.5, 0.6) is 0 Å². The van der Waals surface area contributed by atoms with Crippen LogP contribution < -0.4 is 0 Å². The fourth-order valence-corrected chi connectivity index (χ4v) is 5.21. The molecule has 2 aromatic carbocycles. The molecule has 0 bridgehead atoms. The van der Waals surface area contributed by atoms with Crippen molar-refractivity contribution in [2.45, 2.75) is 46.0 Å². The van der Waals surface area contributed by atoms with Crippen molar-refractivity contribution in [1.29, 1.82) is 0 Å². The first-order valence-electron chi connectivity index (χ1n) is 10.5. The fraction of sp³-hybridized carbons (Fsp3) is 0.423. The summed E-state index contributed by atoms with van der Waals surface area (Å²) < 4.78 is 11.4. The summed E-state index contributed by atoms with van der Waals surface area (Å²) >= 11 is 0. The van der Waals surface area contributed by atoms with Crippen molar-refractivity contribution in [2.24, 2.45) is 10.8 Å². The standard InChI is InChI=1S/C26H30O5/c1-23(2,3)26-24(4,5)17-29-25(26,30-31-26)20-14-10-13-19(16-20)21(22(27)28-6)15-18-11-8-7-9-12-18/h7-16H,17H2,1-6H3/b21-15-. The molecule has 2 aliphatic heterocycles. The van der Waals surface area contributed by atoms with Crippen LogP contribution in [0.1, 0.15) is 51.3 Å². The molecule has 2 atom stereocenters. The lowest BCUT2D eigenvalue weighted by atomic mass is 9.57. The molecule has 0 amide bonds. The van der Waals surface area contributed by atoms with Crippen molar-refractivity contribution in [1.82, 2.24) is 0 Å². The van der Waals surface area contributed by atoms with E-state index in [0.717, 1.165) is 16.7 Å². The summed E-state index contributed by atoms with van der Waals surface area (Å²) in [5.74, 6) is -1.45. The quantitative estimate of drug-likeness (QED) is 0.287. The Bertz CT molecular complexity index is 1020. The van der Waals surface area contributed by atoms with Gasteiger partial charge in [0.05, 0.1) is 19.3 Å². The maximum absolute atomic E-state index is 12.7. The third kappa shape index (κ3) is 3.06. The van der Waals surface area contributed by atoms with Crippen molar-refractivity contribution in [3.63, 3.8) is 0 Å². The molecule has 2 heterocycles. The van der Waals surface area contributed by atoms with Gasteiger partial charge in [-0.25, -0.2) is 9.68 Å². The van der Waals surface area contributed by atoms with Crippen LogP contribution in [0.4, 0.5) is 0 Å². The summed E-state index contributed by atoms with van der Waals surface area (Å²) in [6.07, 6.45) is 1.83. The smallest absolute Gasteiger partial charge is 0.338 e. The van der Waals surface area contributed by atoms with E-state index in [-0.39, 0.29) is 10.8 Å². The van der Waals surface area contributed by atoms with Gasteiger partial charge >= 0.3 is 5.97 Å². The first-order valence-corrected chi connectivity index (χ1v) is 10.5. The Morgan fingerprint density at radius 3 is 2.32 bits per heavy atom. The Hall–Kier alpha value is -2.47. The average molecular weight is 423 g/mol. The second-order valence-electron chi connectivity index (χ2n) is 9.93.